The van der Waals surface area contributed by atoms with Crippen LogP contribution in [0.15, 0.2) is 69.0 Å². The van der Waals surface area contributed by atoms with Crippen molar-refractivity contribution in [2.45, 2.75) is 31.1 Å². The van der Waals surface area contributed by atoms with Gasteiger partial charge in [-0.05, 0) is 53.6 Å². The molecule has 4 aromatic rings. The molecule has 0 amide bonds. The molecule has 0 spiro atoms. The van der Waals surface area contributed by atoms with E-state index < -0.39 is 11.0 Å². The molecule has 1 fully saturated rings. The molecule has 33 heavy (non-hydrogen) atoms. The lowest BCUT2D eigenvalue weighted by atomic mass is 10.0. The van der Waals surface area contributed by atoms with Crippen LogP contribution in [-0.2, 0) is 11.0 Å². The maximum Gasteiger partial charge on any atom is 0.255 e. The number of pyridine rings is 1. The Kier molecular flexibility index (Phi) is 5.08. The number of rotatable bonds is 6. The number of ether oxygens (including phenoxy) is 1. The van der Waals surface area contributed by atoms with E-state index in [1.165, 1.54) is 30.1 Å². The zero-order chi connectivity index (χ0) is 23.3. The quantitative estimate of drug-likeness (QED) is 0.441. The lowest BCUT2D eigenvalue weighted by molar-refractivity contribution is 0.410. The fraction of sp³-hybridized carbons (Fsp3) is 0.250. The summed E-state index contributed by atoms with van der Waals surface area (Å²) in [7, 11) is -0.0829. The number of nitrogens with one attached hydrogen (secondary N) is 1. The number of anilines is 1. The van der Waals surface area contributed by atoms with Crippen LogP contribution in [-0.4, -0.2) is 21.0 Å². The van der Waals surface area contributed by atoms with Gasteiger partial charge in [-0.2, -0.15) is 0 Å². The number of hydrogen-bond acceptors (Lipinski definition) is 5. The van der Waals surface area contributed by atoms with Crippen molar-refractivity contribution in [2.24, 2.45) is 5.41 Å². The summed E-state index contributed by atoms with van der Waals surface area (Å²) in [5.74, 6) is 0.529. The van der Waals surface area contributed by atoms with E-state index in [1.54, 1.807) is 36.4 Å². The second-order valence-electron chi connectivity index (χ2n) is 8.77. The molecule has 1 aliphatic rings. The van der Waals surface area contributed by atoms with Crippen LogP contribution < -0.4 is 15.0 Å². The third-order valence-corrected chi connectivity index (χ3v) is 7.22. The first-order valence-electron chi connectivity index (χ1n) is 10.4. The van der Waals surface area contributed by atoms with E-state index in [0.717, 1.165) is 6.42 Å². The van der Waals surface area contributed by atoms with Gasteiger partial charge in [0.05, 0.1) is 23.2 Å². The highest BCUT2D eigenvalue weighted by Gasteiger charge is 2.48. The van der Waals surface area contributed by atoms with Gasteiger partial charge < -0.3 is 9.26 Å². The van der Waals surface area contributed by atoms with Crippen LogP contribution in [0.2, 0.25) is 0 Å². The molecule has 2 atom stereocenters. The molecule has 7 nitrogen and oxygen atoms in total. The Balaban J connectivity index is 1.59. The van der Waals surface area contributed by atoms with E-state index in [0.29, 0.717) is 38.6 Å². The number of benzene rings is 2. The normalized spacial score (nSPS) is 17.6. The zero-order valence-corrected chi connectivity index (χ0v) is 19.1. The average molecular weight is 468 g/mol. The van der Waals surface area contributed by atoms with Gasteiger partial charge in [0.25, 0.3) is 5.56 Å². The van der Waals surface area contributed by atoms with E-state index in [1.807, 2.05) is 0 Å². The molecule has 0 radical (unpaired) electrons. The third-order valence-electron chi connectivity index (χ3n) is 6.14. The molecule has 9 heteroatoms. The van der Waals surface area contributed by atoms with Crippen LogP contribution in [0.5, 0.6) is 5.75 Å². The lowest BCUT2D eigenvalue weighted by Gasteiger charge is -2.17. The third kappa shape index (κ3) is 3.82. The number of nitrogens with zero attached hydrogens (tertiary/aromatic N) is 2. The highest BCUT2D eigenvalue weighted by Crippen LogP contribution is 2.59. The molecule has 2 aromatic heterocycles. The largest absolute Gasteiger partial charge is 0.495 e. The van der Waals surface area contributed by atoms with E-state index in [4.69, 9.17) is 9.26 Å². The van der Waals surface area contributed by atoms with Crippen LogP contribution >= 0.6 is 0 Å². The van der Waals surface area contributed by atoms with Gasteiger partial charge in [-0.1, -0.05) is 19.0 Å². The molecule has 2 aromatic carbocycles. The van der Waals surface area contributed by atoms with Crippen molar-refractivity contribution < 1.29 is 17.9 Å². The smallest absolute Gasteiger partial charge is 0.255 e. The number of aromatic nitrogens is 2. The summed E-state index contributed by atoms with van der Waals surface area (Å²) in [6.07, 6.45) is 2.28. The molecule has 2 unspecified atom stereocenters. The highest BCUT2D eigenvalue weighted by atomic mass is 32.2. The zero-order valence-electron chi connectivity index (χ0n) is 18.3. The number of hydrogen-bond donors (Lipinski definition) is 1. The topological polar surface area (TPSA) is 86.4 Å². The molecule has 5 rings (SSSR count). The monoisotopic (exact) mass is 467 g/mol. The molecule has 1 saturated carbocycles. The van der Waals surface area contributed by atoms with Crippen LogP contribution in [0.4, 0.5) is 10.2 Å². The van der Waals surface area contributed by atoms with E-state index in [-0.39, 0.29) is 22.7 Å². The van der Waals surface area contributed by atoms with Gasteiger partial charge in [0.2, 0.25) is 0 Å². The molecule has 0 saturated heterocycles. The standard InChI is InChI=1S/C24H22FN3O4S/c1-24(2)13-17(24)16-11-21(31-3)20(12-18(16)25)28-19-6-5-15(10-14(19)4-7-23(28)29)33(30)27-22-8-9-32-26-22/h4-12,17H,13H2,1-3H3,(H,26,27). The van der Waals surface area contributed by atoms with Crippen molar-refractivity contribution in [3.8, 4) is 11.4 Å². The Morgan fingerprint density at radius 1 is 1.21 bits per heavy atom. The van der Waals surface area contributed by atoms with Crippen molar-refractivity contribution in [3.63, 3.8) is 0 Å². The predicted octanol–water partition coefficient (Wildman–Crippen LogP) is 4.77. The minimum Gasteiger partial charge on any atom is -0.495 e. The predicted molar refractivity (Wildman–Crippen MR) is 124 cm³/mol. The van der Waals surface area contributed by atoms with Gasteiger partial charge in [-0.15, -0.1) is 0 Å². The molecule has 0 aliphatic heterocycles. The Labute approximate surface area is 191 Å². The lowest BCUT2D eigenvalue weighted by Crippen LogP contribution is -2.19. The SMILES string of the molecule is COc1cc(C2CC2(C)C)c(F)cc1-n1c(=O)ccc2cc(S(=O)Nc3ccon3)ccc21. The van der Waals surface area contributed by atoms with E-state index in [9.17, 15) is 9.00 Å². The summed E-state index contributed by atoms with van der Waals surface area (Å²) < 4.78 is 42.3. The van der Waals surface area contributed by atoms with Gasteiger partial charge in [-0.3, -0.25) is 14.1 Å². The Bertz CT molecular complexity index is 1450. The van der Waals surface area contributed by atoms with Gasteiger partial charge in [-0.25, -0.2) is 8.60 Å². The maximum absolute atomic E-state index is 15.1. The number of halogens is 1. The minimum atomic E-state index is -1.59. The summed E-state index contributed by atoms with van der Waals surface area (Å²) in [4.78, 5) is 13.4. The summed E-state index contributed by atoms with van der Waals surface area (Å²) in [6.45, 7) is 4.21. The molecular formula is C24H22FN3O4S. The van der Waals surface area contributed by atoms with Crippen molar-refractivity contribution in [1.82, 2.24) is 9.72 Å². The summed E-state index contributed by atoms with van der Waals surface area (Å²) in [6, 6.07) is 12.7. The van der Waals surface area contributed by atoms with E-state index >= 15 is 4.39 Å². The van der Waals surface area contributed by atoms with Crippen molar-refractivity contribution in [3.05, 3.63) is 76.5 Å². The second kappa shape index (κ2) is 7.84. The van der Waals surface area contributed by atoms with Gasteiger partial charge >= 0.3 is 0 Å². The summed E-state index contributed by atoms with van der Waals surface area (Å²) >= 11 is 0. The first-order chi connectivity index (χ1) is 15.8. The second-order valence-corrected chi connectivity index (χ2v) is 9.99. The van der Waals surface area contributed by atoms with Crippen LogP contribution in [0.25, 0.3) is 16.6 Å². The van der Waals surface area contributed by atoms with E-state index in [2.05, 4.69) is 23.7 Å². The Hall–Kier alpha value is -3.46. The van der Waals surface area contributed by atoms with Gasteiger partial charge in [0, 0.05) is 23.6 Å². The Morgan fingerprint density at radius 3 is 2.67 bits per heavy atom. The fourth-order valence-corrected chi connectivity index (χ4v) is 5.01. The highest BCUT2D eigenvalue weighted by molar-refractivity contribution is 7.86. The molecule has 1 N–H and O–H groups in total. The van der Waals surface area contributed by atoms with Crippen LogP contribution in [0, 0.1) is 11.2 Å². The van der Waals surface area contributed by atoms with Gasteiger partial charge in [0.15, 0.2) is 16.8 Å². The van der Waals surface area contributed by atoms with Crippen molar-refractivity contribution >= 4 is 27.7 Å². The fourth-order valence-electron chi connectivity index (χ4n) is 4.17. The van der Waals surface area contributed by atoms with Gasteiger partial charge in [0.1, 0.15) is 17.8 Å². The molecule has 1 aliphatic carbocycles. The van der Waals surface area contributed by atoms with Crippen LogP contribution in [0.1, 0.15) is 31.7 Å². The first-order valence-corrected chi connectivity index (χ1v) is 11.6. The number of methoxy groups -OCH3 is 1. The first kappa shape index (κ1) is 21.4. The van der Waals surface area contributed by atoms with Crippen molar-refractivity contribution in [1.29, 1.82) is 0 Å². The molecule has 170 valence electrons. The maximum atomic E-state index is 15.1. The summed E-state index contributed by atoms with van der Waals surface area (Å²) in [5, 5.41) is 4.36. The number of fused-ring (bicyclic) bond motifs is 1. The molecular weight excluding hydrogens is 445 g/mol. The minimum absolute atomic E-state index is 0.0513. The van der Waals surface area contributed by atoms with Crippen LogP contribution in [0.3, 0.4) is 0 Å². The average Bonchev–Trinajstić information content (AvgIpc) is 3.16. The van der Waals surface area contributed by atoms with Crippen molar-refractivity contribution in [2.75, 3.05) is 11.8 Å². The molecule has 0 bridgehead atoms. The summed E-state index contributed by atoms with van der Waals surface area (Å²) in [5.41, 5.74) is 1.19. The Morgan fingerprint density at radius 2 is 2.00 bits per heavy atom. The molecule has 2 heterocycles.